The average molecular weight is 301 g/mol. The summed E-state index contributed by atoms with van der Waals surface area (Å²) in [6, 6.07) is 14.3. The summed E-state index contributed by atoms with van der Waals surface area (Å²) < 4.78 is 16.4. The highest BCUT2D eigenvalue weighted by atomic mass is 16.5. The van der Waals surface area contributed by atoms with Crippen molar-refractivity contribution in [3.8, 4) is 11.5 Å². The molecule has 0 bridgehead atoms. The normalized spacial score (nSPS) is 10.2. The van der Waals surface area contributed by atoms with Crippen LogP contribution in [0, 0.1) is 0 Å². The molecule has 0 atom stereocenters. The monoisotopic (exact) mass is 301 g/mol. The van der Waals surface area contributed by atoms with Crippen LogP contribution in [0.4, 0.5) is 5.69 Å². The van der Waals surface area contributed by atoms with Gasteiger partial charge in [-0.2, -0.15) is 0 Å². The van der Waals surface area contributed by atoms with Gasteiger partial charge >= 0.3 is 0 Å². The van der Waals surface area contributed by atoms with Gasteiger partial charge in [-0.05, 0) is 36.4 Å². The van der Waals surface area contributed by atoms with Crippen LogP contribution in [0.25, 0.3) is 0 Å². The highest BCUT2D eigenvalue weighted by molar-refractivity contribution is 5.74. The first-order valence-corrected chi connectivity index (χ1v) is 7.02. The lowest BCUT2D eigenvalue weighted by Crippen LogP contribution is -2.12. The van der Waals surface area contributed by atoms with E-state index in [9.17, 15) is 4.79 Å². The van der Waals surface area contributed by atoms with Gasteiger partial charge in [0.1, 0.15) is 31.0 Å². The summed E-state index contributed by atoms with van der Waals surface area (Å²) in [5.74, 6) is 1.38. The minimum Gasteiger partial charge on any atom is -0.491 e. The molecule has 0 fully saturated rings. The van der Waals surface area contributed by atoms with Crippen LogP contribution in [-0.2, 0) is 4.74 Å². The molecule has 2 rings (SSSR count). The second-order valence-electron chi connectivity index (χ2n) is 4.53. The van der Waals surface area contributed by atoms with Gasteiger partial charge < -0.3 is 19.9 Å². The Hall–Kier alpha value is -2.53. The zero-order valence-corrected chi connectivity index (χ0v) is 12.2. The number of hydrogen-bond donors (Lipinski definition) is 1. The third-order valence-electron chi connectivity index (χ3n) is 2.92. The average Bonchev–Trinajstić information content (AvgIpc) is 2.56. The summed E-state index contributed by atoms with van der Waals surface area (Å²) in [6.45, 7) is 1.79. The van der Waals surface area contributed by atoms with Crippen LogP contribution in [0.3, 0.4) is 0 Å². The van der Waals surface area contributed by atoms with Crippen molar-refractivity contribution >= 4 is 12.0 Å². The molecule has 0 heterocycles. The Balaban J connectivity index is 1.56. The first kappa shape index (κ1) is 15.9. The molecule has 0 saturated heterocycles. The molecule has 0 aliphatic heterocycles. The summed E-state index contributed by atoms with van der Waals surface area (Å²) in [6.07, 6.45) is 0.798. The number of anilines is 1. The Kier molecular flexibility index (Phi) is 6.26. The number of hydrogen-bond acceptors (Lipinski definition) is 5. The summed E-state index contributed by atoms with van der Waals surface area (Å²) in [4.78, 5) is 10.5. The molecule has 116 valence electrons. The number of rotatable bonds is 9. The zero-order chi connectivity index (χ0) is 15.6. The Labute approximate surface area is 129 Å². The molecule has 0 saturated carbocycles. The predicted octanol–water partition coefficient (Wildman–Crippen LogP) is 2.56. The lowest BCUT2D eigenvalue weighted by molar-refractivity contribution is 0.0766. The third-order valence-corrected chi connectivity index (χ3v) is 2.92. The molecule has 5 nitrogen and oxygen atoms in total. The van der Waals surface area contributed by atoms with Crippen molar-refractivity contribution in [1.82, 2.24) is 0 Å². The van der Waals surface area contributed by atoms with Crippen molar-refractivity contribution in [1.29, 1.82) is 0 Å². The van der Waals surface area contributed by atoms with Crippen LogP contribution in [-0.4, -0.2) is 32.7 Å². The Bertz CT molecular complexity index is 583. The Morgan fingerprint density at radius 1 is 0.864 bits per heavy atom. The maximum absolute atomic E-state index is 10.5. The van der Waals surface area contributed by atoms with Crippen molar-refractivity contribution in [2.75, 3.05) is 32.2 Å². The first-order valence-electron chi connectivity index (χ1n) is 7.02. The SMILES string of the molecule is Nc1ccccc1OCCOCCOc1ccc(C=O)cc1. The fourth-order valence-corrected chi connectivity index (χ4v) is 1.79. The quantitative estimate of drug-likeness (QED) is 0.438. The molecule has 0 amide bonds. The molecule has 0 aromatic heterocycles. The van der Waals surface area contributed by atoms with Gasteiger partial charge in [0.05, 0.1) is 18.9 Å². The fourth-order valence-electron chi connectivity index (χ4n) is 1.79. The number of carbonyl (C=O) groups is 1. The van der Waals surface area contributed by atoms with E-state index in [1.54, 1.807) is 30.3 Å². The lowest BCUT2D eigenvalue weighted by Gasteiger charge is -2.09. The number of carbonyl (C=O) groups excluding carboxylic acids is 1. The number of ether oxygens (including phenoxy) is 3. The molecule has 2 N–H and O–H groups in total. The van der Waals surface area contributed by atoms with E-state index in [0.29, 0.717) is 49.2 Å². The van der Waals surface area contributed by atoms with E-state index in [-0.39, 0.29) is 0 Å². The largest absolute Gasteiger partial charge is 0.491 e. The molecule has 5 heteroatoms. The van der Waals surface area contributed by atoms with Gasteiger partial charge in [0.2, 0.25) is 0 Å². The molecule has 0 aliphatic rings. The van der Waals surface area contributed by atoms with Gasteiger partial charge in [0.15, 0.2) is 0 Å². The molecule has 2 aromatic carbocycles. The molecule has 2 aromatic rings. The maximum atomic E-state index is 10.5. The maximum Gasteiger partial charge on any atom is 0.150 e. The van der Waals surface area contributed by atoms with Crippen molar-refractivity contribution in [2.45, 2.75) is 0 Å². The molecule has 0 radical (unpaired) electrons. The van der Waals surface area contributed by atoms with Crippen LogP contribution in [0.2, 0.25) is 0 Å². The lowest BCUT2D eigenvalue weighted by atomic mass is 10.2. The van der Waals surface area contributed by atoms with Crippen molar-refractivity contribution in [3.63, 3.8) is 0 Å². The summed E-state index contributed by atoms with van der Waals surface area (Å²) in [7, 11) is 0. The first-order chi connectivity index (χ1) is 10.8. The molecule has 22 heavy (non-hydrogen) atoms. The van der Waals surface area contributed by atoms with Gasteiger partial charge in [-0.1, -0.05) is 12.1 Å². The van der Waals surface area contributed by atoms with E-state index in [1.807, 2.05) is 18.2 Å². The Morgan fingerprint density at radius 3 is 2.23 bits per heavy atom. The van der Waals surface area contributed by atoms with E-state index in [0.717, 1.165) is 6.29 Å². The van der Waals surface area contributed by atoms with E-state index >= 15 is 0 Å². The third kappa shape index (κ3) is 5.10. The molecular weight excluding hydrogens is 282 g/mol. The minimum atomic E-state index is 0.433. The van der Waals surface area contributed by atoms with Crippen LogP contribution in [0.1, 0.15) is 10.4 Å². The number of nitrogens with two attached hydrogens (primary N) is 1. The molecule has 0 aliphatic carbocycles. The molecule has 0 spiro atoms. The summed E-state index contributed by atoms with van der Waals surface area (Å²) in [5, 5.41) is 0. The predicted molar refractivity (Wildman–Crippen MR) is 84.5 cm³/mol. The van der Waals surface area contributed by atoms with E-state index < -0.39 is 0 Å². The van der Waals surface area contributed by atoms with E-state index in [2.05, 4.69) is 0 Å². The highest BCUT2D eigenvalue weighted by Gasteiger charge is 1.98. The minimum absolute atomic E-state index is 0.433. The smallest absolute Gasteiger partial charge is 0.150 e. The van der Waals surface area contributed by atoms with Crippen molar-refractivity contribution < 1.29 is 19.0 Å². The molecular formula is C17H19NO4. The van der Waals surface area contributed by atoms with Crippen LogP contribution in [0.15, 0.2) is 48.5 Å². The van der Waals surface area contributed by atoms with Gasteiger partial charge in [0, 0.05) is 5.56 Å². The van der Waals surface area contributed by atoms with E-state index in [1.165, 1.54) is 0 Å². The van der Waals surface area contributed by atoms with Gasteiger partial charge in [-0.3, -0.25) is 4.79 Å². The number of aldehydes is 1. The topological polar surface area (TPSA) is 70.8 Å². The second kappa shape index (κ2) is 8.69. The van der Waals surface area contributed by atoms with Crippen molar-refractivity contribution in [2.24, 2.45) is 0 Å². The zero-order valence-electron chi connectivity index (χ0n) is 12.2. The Morgan fingerprint density at radius 2 is 1.55 bits per heavy atom. The fraction of sp³-hybridized carbons (Fsp3) is 0.235. The highest BCUT2D eigenvalue weighted by Crippen LogP contribution is 2.19. The van der Waals surface area contributed by atoms with E-state index in [4.69, 9.17) is 19.9 Å². The van der Waals surface area contributed by atoms with Gasteiger partial charge in [0.25, 0.3) is 0 Å². The standard InChI is InChI=1S/C17H19NO4/c18-16-3-1-2-4-17(16)22-12-10-20-9-11-21-15-7-5-14(13-19)6-8-15/h1-8,13H,9-12,18H2. The molecule has 0 unspecified atom stereocenters. The number of benzene rings is 2. The van der Waals surface area contributed by atoms with Crippen LogP contribution < -0.4 is 15.2 Å². The summed E-state index contributed by atoms with van der Waals surface area (Å²) in [5.41, 5.74) is 7.00. The van der Waals surface area contributed by atoms with Gasteiger partial charge in [-0.15, -0.1) is 0 Å². The number of nitrogen functional groups attached to an aromatic ring is 1. The second-order valence-corrected chi connectivity index (χ2v) is 4.53. The van der Waals surface area contributed by atoms with Crippen LogP contribution >= 0.6 is 0 Å². The van der Waals surface area contributed by atoms with Crippen LogP contribution in [0.5, 0.6) is 11.5 Å². The van der Waals surface area contributed by atoms with Gasteiger partial charge in [-0.25, -0.2) is 0 Å². The van der Waals surface area contributed by atoms with Crippen molar-refractivity contribution in [3.05, 3.63) is 54.1 Å². The number of para-hydroxylation sites is 2. The summed E-state index contributed by atoms with van der Waals surface area (Å²) >= 11 is 0.